The van der Waals surface area contributed by atoms with Gasteiger partial charge < -0.3 is 20.3 Å². The van der Waals surface area contributed by atoms with E-state index in [9.17, 15) is 19.7 Å². The molecule has 0 unspecified atom stereocenters. The molecule has 0 bridgehead atoms. The Bertz CT molecular complexity index is 1570. The smallest absolute Gasteiger partial charge is 0.336 e. The summed E-state index contributed by atoms with van der Waals surface area (Å²) in [6.07, 6.45) is 0. The van der Waals surface area contributed by atoms with Crippen molar-refractivity contribution < 1.29 is 29.5 Å². The summed E-state index contributed by atoms with van der Waals surface area (Å²) in [6.45, 7) is 7.52. The van der Waals surface area contributed by atoms with E-state index in [1.165, 1.54) is 36.4 Å². The second-order valence-corrected chi connectivity index (χ2v) is 11.2. The molecule has 2 aliphatic rings. The van der Waals surface area contributed by atoms with Crippen LogP contribution in [0.25, 0.3) is 0 Å². The molecule has 1 saturated heterocycles. The molecule has 2 aliphatic heterocycles. The molecular formula is C35H42Cl2N4O7. The molecule has 3 aromatic carbocycles. The number of nitrogens with one attached hydrogen (secondary N) is 1. The standard InChI is InChI=1S/C35H38N4O6.2ClH.H2O/c1-24-30(34(40)44-3)32(28-15-10-16-29(23-28)39(42)43)31(25(2)36-24)35(41)45-22-21-37-17-19-38(20-18-37)33(26-11-6-4-7-12-26)27-13-8-5-9-14-27;;;/h4-16,23,32-33,36H,17-22H2,1-3H3;2*1H;1H2/t32-;;;/m0.../s1. The van der Waals surface area contributed by atoms with Gasteiger partial charge in [-0.05, 0) is 30.5 Å². The molecule has 3 aromatic rings. The van der Waals surface area contributed by atoms with Crippen LogP contribution in [0.5, 0.6) is 0 Å². The normalized spacial score (nSPS) is 16.5. The fourth-order valence-corrected chi connectivity index (χ4v) is 6.27. The van der Waals surface area contributed by atoms with E-state index in [1.54, 1.807) is 19.9 Å². The number of dihydropyridines is 1. The van der Waals surface area contributed by atoms with Crippen molar-refractivity contribution in [2.24, 2.45) is 0 Å². The van der Waals surface area contributed by atoms with Crippen LogP contribution in [0.2, 0.25) is 0 Å². The van der Waals surface area contributed by atoms with Gasteiger partial charge in [-0.15, -0.1) is 24.8 Å². The number of piperazine rings is 1. The summed E-state index contributed by atoms with van der Waals surface area (Å²) in [5, 5.41) is 14.6. The maximum absolute atomic E-state index is 13.6. The molecule has 48 heavy (non-hydrogen) atoms. The molecule has 0 amide bonds. The molecule has 0 aromatic heterocycles. The highest BCUT2D eigenvalue weighted by Gasteiger charge is 2.38. The van der Waals surface area contributed by atoms with Crippen molar-refractivity contribution in [2.45, 2.75) is 25.8 Å². The number of nitro groups is 1. The van der Waals surface area contributed by atoms with Crippen LogP contribution in [0.4, 0.5) is 5.69 Å². The lowest BCUT2D eigenvalue weighted by molar-refractivity contribution is -0.384. The molecule has 3 N–H and O–H groups in total. The molecule has 1 atom stereocenters. The molecule has 0 spiro atoms. The number of carbonyl (C=O) groups excluding carboxylic acids is 2. The first-order valence-corrected chi connectivity index (χ1v) is 15.0. The van der Waals surface area contributed by atoms with Gasteiger partial charge in [-0.2, -0.15) is 0 Å². The van der Waals surface area contributed by atoms with Gasteiger partial charge in [0, 0.05) is 56.3 Å². The molecular weight excluding hydrogens is 659 g/mol. The first kappa shape index (κ1) is 39.9. The minimum absolute atomic E-state index is 0. The van der Waals surface area contributed by atoms with Crippen molar-refractivity contribution in [1.29, 1.82) is 0 Å². The zero-order valence-corrected chi connectivity index (χ0v) is 28.7. The van der Waals surface area contributed by atoms with Gasteiger partial charge in [-0.1, -0.05) is 72.8 Å². The van der Waals surface area contributed by atoms with Gasteiger partial charge in [0.2, 0.25) is 0 Å². The van der Waals surface area contributed by atoms with E-state index in [0.717, 1.165) is 26.2 Å². The van der Waals surface area contributed by atoms with Crippen molar-refractivity contribution in [1.82, 2.24) is 15.1 Å². The van der Waals surface area contributed by atoms with Crippen molar-refractivity contribution >= 4 is 42.4 Å². The van der Waals surface area contributed by atoms with Crippen LogP contribution in [0.3, 0.4) is 0 Å². The van der Waals surface area contributed by atoms with E-state index in [-0.39, 0.29) is 59.8 Å². The van der Waals surface area contributed by atoms with Gasteiger partial charge in [0.15, 0.2) is 0 Å². The fraction of sp³-hybridized carbons (Fsp3) is 0.314. The average Bonchev–Trinajstić information content (AvgIpc) is 3.06. The van der Waals surface area contributed by atoms with E-state index in [2.05, 4.69) is 63.6 Å². The second kappa shape index (κ2) is 18.3. The summed E-state index contributed by atoms with van der Waals surface area (Å²) in [5.41, 5.74) is 4.25. The molecule has 0 radical (unpaired) electrons. The number of non-ortho nitro benzene ring substituents is 1. The number of hydrogen-bond acceptors (Lipinski definition) is 9. The minimum Gasteiger partial charge on any atom is -0.466 e. The monoisotopic (exact) mass is 700 g/mol. The van der Waals surface area contributed by atoms with Crippen LogP contribution >= 0.6 is 24.8 Å². The highest BCUT2D eigenvalue weighted by atomic mass is 35.5. The van der Waals surface area contributed by atoms with Crippen molar-refractivity contribution in [3.05, 3.63) is 134 Å². The Morgan fingerprint density at radius 1 is 0.854 bits per heavy atom. The SMILES string of the molecule is COC(=O)C1=C(C)NC(C)=C(C(=O)OCCN2CCN(C(c3ccccc3)c3ccccc3)CC2)[C@H]1c1cccc([N+](=O)[O-])c1.Cl.Cl.O. The maximum Gasteiger partial charge on any atom is 0.336 e. The third-order valence-electron chi connectivity index (χ3n) is 8.44. The predicted octanol–water partition coefficient (Wildman–Crippen LogP) is 4.97. The van der Waals surface area contributed by atoms with E-state index in [1.807, 2.05) is 12.1 Å². The summed E-state index contributed by atoms with van der Waals surface area (Å²) >= 11 is 0. The second-order valence-electron chi connectivity index (χ2n) is 11.2. The maximum atomic E-state index is 13.6. The zero-order valence-electron chi connectivity index (χ0n) is 27.1. The number of ether oxygens (including phenoxy) is 2. The van der Waals surface area contributed by atoms with Crippen LogP contribution in [0, 0.1) is 10.1 Å². The largest absolute Gasteiger partial charge is 0.466 e. The van der Waals surface area contributed by atoms with E-state index < -0.39 is 22.8 Å². The number of hydrogen-bond donors (Lipinski definition) is 1. The quantitative estimate of drug-likeness (QED) is 0.176. The fourth-order valence-electron chi connectivity index (χ4n) is 6.27. The van der Waals surface area contributed by atoms with Crippen LogP contribution in [-0.4, -0.2) is 78.6 Å². The predicted molar refractivity (Wildman–Crippen MR) is 188 cm³/mol. The van der Waals surface area contributed by atoms with E-state index >= 15 is 0 Å². The summed E-state index contributed by atoms with van der Waals surface area (Å²) in [6, 6.07) is 27.2. The van der Waals surface area contributed by atoms with Gasteiger partial charge in [-0.3, -0.25) is 19.9 Å². The summed E-state index contributed by atoms with van der Waals surface area (Å²) < 4.78 is 10.8. The molecule has 13 heteroatoms. The Kier molecular flexibility index (Phi) is 15.2. The van der Waals surface area contributed by atoms with Gasteiger partial charge in [0.1, 0.15) is 6.61 Å². The van der Waals surface area contributed by atoms with Crippen LogP contribution in [0.15, 0.2) is 107 Å². The highest BCUT2D eigenvalue weighted by Crippen LogP contribution is 2.40. The Morgan fingerprint density at radius 2 is 1.40 bits per heavy atom. The van der Waals surface area contributed by atoms with Gasteiger partial charge in [0.25, 0.3) is 5.69 Å². The number of methoxy groups -OCH3 is 1. The van der Waals surface area contributed by atoms with Gasteiger partial charge >= 0.3 is 11.9 Å². The molecule has 0 saturated carbocycles. The molecule has 2 heterocycles. The van der Waals surface area contributed by atoms with Crippen LogP contribution < -0.4 is 5.32 Å². The number of benzene rings is 3. The van der Waals surface area contributed by atoms with E-state index in [4.69, 9.17) is 9.47 Å². The van der Waals surface area contributed by atoms with Gasteiger partial charge in [-0.25, -0.2) is 9.59 Å². The molecule has 11 nitrogen and oxygen atoms in total. The van der Waals surface area contributed by atoms with Crippen LogP contribution in [-0.2, 0) is 19.1 Å². The highest BCUT2D eigenvalue weighted by molar-refractivity contribution is 5.99. The third-order valence-corrected chi connectivity index (χ3v) is 8.44. The summed E-state index contributed by atoms with van der Waals surface area (Å²) in [4.78, 5) is 42.3. The first-order valence-electron chi connectivity index (χ1n) is 15.0. The van der Waals surface area contributed by atoms with Crippen molar-refractivity contribution in [2.75, 3.05) is 46.4 Å². The molecule has 5 rings (SSSR count). The molecule has 258 valence electrons. The van der Waals surface area contributed by atoms with Gasteiger partial charge in [0.05, 0.1) is 35.1 Å². The van der Waals surface area contributed by atoms with Crippen molar-refractivity contribution in [3.8, 4) is 0 Å². The number of rotatable bonds is 10. The molecule has 1 fully saturated rings. The lowest BCUT2D eigenvalue weighted by atomic mass is 9.80. The molecule has 0 aliphatic carbocycles. The van der Waals surface area contributed by atoms with Crippen LogP contribution in [0.1, 0.15) is 42.5 Å². The number of halogens is 2. The zero-order chi connectivity index (χ0) is 31.9. The van der Waals surface area contributed by atoms with Crippen molar-refractivity contribution in [3.63, 3.8) is 0 Å². The number of carbonyl (C=O) groups is 2. The number of allylic oxidation sites excluding steroid dienone is 2. The summed E-state index contributed by atoms with van der Waals surface area (Å²) in [5.74, 6) is -2.10. The number of nitro benzene ring substituents is 1. The average molecular weight is 702 g/mol. The van der Waals surface area contributed by atoms with E-state index in [0.29, 0.717) is 23.5 Å². The lowest BCUT2D eigenvalue weighted by Gasteiger charge is -2.39. The summed E-state index contributed by atoms with van der Waals surface area (Å²) in [7, 11) is 1.26. The number of nitrogens with zero attached hydrogens (tertiary/aromatic N) is 3. The first-order chi connectivity index (χ1) is 21.8. The third kappa shape index (κ3) is 9.00. The minimum atomic E-state index is -0.887. The Labute approximate surface area is 292 Å². The lowest BCUT2D eigenvalue weighted by Crippen LogP contribution is -2.48. The topological polar surface area (TPSA) is 146 Å². The Hall–Kier alpha value is -4.26. The Morgan fingerprint density at radius 3 is 1.92 bits per heavy atom. The Balaban J connectivity index is 0.00000267. The number of esters is 2.